The van der Waals surface area contributed by atoms with Gasteiger partial charge in [-0.3, -0.25) is 0 Å². The molecule has 1 fully saturated rings. The number of aromatic nitrogens is 1. The van der Waals surface area contributed by atoms with Crippen LogP contribution in [0, 0.1) is 10.8 Å². The number of carbonyl (C=O) groups is 1. The van der Waals surface area contributed by atoms with Crippen LogP contribution >= 0.6 is 0 Å². The number of nitrogens with zero attached hydrogens (tertiary/aromatic N) is 1. The molecule has 0 saturated heterocycles. The van der Waals surface area contributed by atoms with Gasteiger partial charge >= 0.3 is 6.03 Å². The van der Waals surface area contributed by atoms with Crippen molar-refractivity contribution in [1.29, 1.82) is 0 Å². The predicted octanol–water partition coefficient (Wildman–Crippen LogP) is 3.93. The molecule has 6 nitrogen and oxygen atoms in total. The van der Waals surface area contributed by atoms with Gasteiger partial charge < -0.3 is 15.6 Å². The van der Waals surface area contributed by atoms with E-state index in [1.165, 1.54) is 10.9 Å². The van der Waals surface area contributed by atoms with Crippen molar-refractivity contribution in [3.05, 3.63) is 36.0 Å². The van der Waals surface area contributed by atoms with Crippen molar-refractivity contribution in [2.45, 2.75) is 52.5 Å². The number of H-pyrrole nitrogens is 1. The highest BCUT2D eigenvalue weighted by Crippen LogP contribution is 2.46. The van der Waals surface area contributed by atoms with Gasteiger partial charge in [-0.05, 0) is 59.6 Å². The van der Waals surface area contributed by atoms with Gasteiger partial charge in [0.05, 0.1) is 6.04 Å². The number of urea groups is 1. The minimum absolute atomic E-state index is 0.0148. The average molecular weight is 383 g/mol. The molecule has 1 aliphatic rings. The fourth-order valence-electron chi connectivity index (χ4n) is 4.81. The Balaban J connectivity index is 1.47. The Labute approximate surface area is 166 Å². The van der Waals surface area contributed by atoms with E-state index in [-0.39, 0.29) is 22.9 Å². The summed E-state index contributed by atoms with van der Waals surface area (Å²) in [5, 5.41) is 7.14. The van der Waals surface area contributed by atoms with E-state index in [1.54, 1.807) is 6.08 Å². The molecule has 6 heteroatoms. The summed E-state index contributed by atoms with van der Waals surface area (Å²) < 4.78 is 0. The van der Waals surface area contributed by atoms with Gasteiger partial charge in [-0.2, -0.15) is 0 Å². The third-order valence-electron chi connectivity index (χ3n) is 5.65. The number of benzene rings is 1. The average Bonchev–Trinajstić information content (AvgIpc) is 3.06. The maximum absolute atomic E-state index is 12.2. The van der Waals surface area contributed by atoms with E-state index < -0.39 is 0 Å². The standard InChI is InChI=1S/C22H30N4O2/c1-21(2)11-18(26-15-27)12-22(3,13-21)14-25-20(28)24-8-6-16-4-5-17-7-9-23-19(17)10-16/h4-5,7,9-10,18,23H,6,8,11-14H2,1-3H3,(H2,24,25,28). The van der Waals surface area contributed by atoms with E-state index in [9.17, 15) is 9.59 Å². The number of aliphatic imine (C=N–C) groups is 1. The Morgan fingerprint density at radius 1 is 1.25 bits per heavy atom. The van der Waals surface area contributed by atoms with Gasteiger partial charge in [-0.1, -0.05) is 32.9 Å². The maximum Gasteiger partial charge on any atom is 0.314 e. The summed E-state index contributed by atoms with van der Waals surface area (Å²) in [6.45, 7) is 7.70. The van der Waals surface area contributed by atoms with Crippen molar-refractivity contribution >= 4 is 23.0 Å². The molecule has 1 aliphatic carbocycles. The van der Waals surface area contributed by atoms with Crippen LogP contribution in [0.4, 0.5) is 4.79 Å². The molecule has 2 unspecified atom stereocenters. The van der Waals surface area contributed by atoms with Gasteiger partial charge in [0.15, 0.2) is 0 Å². The molecule has 28 heavy (non-hydrogen) atoms. The van der Waals surface area contributed by atoms with Gasteiger partial charge in [-0.15, -0.1) is 0 Å². The van der Waals surface area contributed by atoms with Crippen LogP contribution in [-0.2, 0) is 11.2 Å². The molecule has 150 valence electrons. The van der Waals surface area contributed by atoms with E-state index in [2.05, 4.69) is 59.6 Å². The highest BCUT2D eigenvalue weighted by atomic mass is 16.2. The van der Waals surface area contributed by atoms with Crippen LogP contribution < -0.4 is 10.6 Å². The summed E-state index contributed by atoms with van der Waals surface area (Å²) in [6.07, 6.45) is 7.08. The van der Waals surface area contributed by atoms with Crippen LogP contribution in [0.2, 0.25) is 0 Å². The summed E-state index contributed by atoms with van der Waals surface area (Å²) >= 11 is 0. The number of aromatic amines is 1. The molecule has 3 N–H and O–H groups in total. The second-order valence-electron chi connectivity index (χ2n) is 9.19. The topological polar surface area (TPSA) is 86.3 Å². The summed E-state index contributed by atoms with van der Waals surface area (Å²) in [5.74, 6) is 0. The lowest BCUT2D eigenvalue weighted by molar-refractivity contribution is 0.0850. The molecule has 1 aromatic heterocycles. The van der Waals surface area contributed by atoms with Crippen LogP contribution in [0.15, 0.2) is 35.5 Å². The Morgan fingerprint density at radius 2 is 2.07 bits per heavy atom. The largest absolute Gasteiger partial charge is 0.361 e. The molecule has 1 heterocycles. The Bertz CT molecular complexity index is 882. The molecule has 2 amide bonds. The molecule has 2 atom stereocenters. The second kappa shape index (κ2) is 8.19. The number of amides is 2. The zero-order valence-electron chi connectivity index (χ0n) is 17.0. The summed E-state index contributed by atoms with van der Waals surface area (Å²) in [5.41, 5.74) is 2.31. The number of hydrogen-bond acceptors (Lipinski definition) is 3. The van der Waals surface area contributed by atoms with Crippen molar-refractivity contribution < 1.29 is 9.59 Å². The SMILES string of the molecule is CC1(C)CC(N=C=O)CC(C)(CNC(=O)NCCc2ccc3cc[nH]c3c2)C1. The second-order valence-corrected chi connectivity index (χ2v) is 9.19. The Kier molecular flexibility index (Phi) is 5.90. The number of isocyanates is 1. The summed E-state index contributed by atoms with van der Waals surface area (Å²) in [4.78, 5) is 30.1. The zero-order valence-corrected chi connectivity index (χ0v) is 17.0. The van der Waals surface area contributed by atoms with Crippen LogP contribution in [0.25, 0.3) is 10.9 Å². The van der Waals surface area contributed by atoms with Gasteiger partial charge in [0, 0.05) is 24.8 Å². The normalized spacial score (nSPS) is 23.8. The fourth-order valence-corrected chi connectivity index (χ4v) is 4.81. The lowest BCUT2D eigenvalue weighted by Gasteiger charge is -2.45. The molecular formula is C22H30N4O2. The Morgan fingerprint density at radius 3 is 2.86 bits per heavy atom. The van der Waals surface area contributed by atoms with E-state index in [1.807, 2.05) is 12.3 Å². The third-order valence-corrected chi connectivity index (χ3v) is 5.65. The molecule has 2 aromatic rings. The van der Waals surface area contributed by atoms with Crippen LogP contribution in [0.3, 0.4) is 0 Å². The van der Waals surface area contributed by atoms with E-state index in [0.29, 0.717) is 13.1 Å². The molecule has 0 bridgehead atoms. The zero-order chi connectivity index (χ0) is 20.2. The lowest BCUT2D eigenvalue weighted by atomic mass is 9.63. The van der Waals surface area contributed by atoms with Crippen molar-refractivity contribution in [3.63, 3.8) is 0 Å². The van der Waals surface area contributed by atoms with Crippen molar-refractivity contribution in [2.24, 2.45) is 15.8 Å². The first-order valence-corrected chi connectivity index (χ1v) is 9.93. The van der Waals surface area contributed by atoms with Crippen LogP contribution in [0.5, 0.6) is 0 Å². The molecule has 1 aromatic carbocycles. The van der Waals surface area contributed by atoms with E-state index in [4.69, 9.17) is 0 Å². The molecule has 0 radical (unpaired) electrons. The van der Waals surface area contributed by atoms with Gasteiger partial charge in [0.2, 0.25) is 6.08 Å². The maximum atomic E-state index is 12.2. The van der Waals surface area contributed by atoms with E-state index >= 15 is 0 Å². The van der Waals surface area contributed by atoms with Gasteiger partial charge in [-0.25, -0.2) is 14.6 Å². The minimum atomic E-state index is -0.152. The summed E-state index contributed by atoms with van der Waals surface area (Å²) in [7, 11) is 0. The molecule has 0 spiro atoms. The lowest BCUT2D eigenvalue weighted by Crippen LogP contribution is -2.47. The first-order valence-electron chi connectivity index (χ1n) is 9.93. The van der Waals surface area contributed by atoms with Crippen molar-refractivity contribution in [1.82, 2.24) is 15.6 Å². The van der Waals surface area contributed by atoms with Crippen LogP contribution in [-0.4, -0.2) is 36.2 Å². The number of nitrogens with one attached hydrogen (secondary N) is 3. The monoisotopic (exact) mass is 382 g/mol. The first-order chi connectivity index (χ1) is 13.3. The number of carbonyl (C=O) groups excluding carboxylic acids is 2. The summed E-state index contributed by atoms with van der Waals surface area (Å²) in [6, 6.07) is 8.18. The predicted molar refractivity (Wildman–Crippen MR) is 111 cm³/mol. The van der Waals surface area contributed by atoms with Gasteiger partial charge in [0.25, 0.3) is 0 Å². The molecule has 0 aliphatic heterocycles. The molecule has 1 saturated carbocycles. The minimum Gasteiger partial charge on any atom is -0.361 e. The molecule has 3 rings (SSSR count). The number of fused-ring (bicyclic) bond motifs is 1. The third kappa shape index (κ3) is 5.23. The number of hydrogen-bond donors (Lipinski definition) is 3. The van der Waals surface area contributed by atoms with Crippen molar-refractivity contribution in [3.8, 4) is 0 Å². The van der Waals surface area contributed by atoms with Crippen LogP contribution in [0.1, 0.15) is 45.6 Å². The van der Waals surface area contributed by atoms with Gasteiger partial charge in [0.1, 0.15) is 0 Å². The molecular weight excluding hydrogens is 352 g/mol. The van der Waals surface area contributed by atoms with E-state index in [0.717, 1.165) is 31.2 Å². The fraction of sp³-hybridized carbons (Fsp3) is 0.545. The van der Waals surface area contributed by atoms with Crippen molar-refractivity contribution in [2.75, 3.05) is 13.1 Å². The highest BCUT2D eigenvalue weighted by molar-refractivity contribution is 5.79. The Hall–Kier alpha value is -2.59. The highest BCUT2D eigenvalue weighted by Gasteiger charge is 2.41. The first kappa shape index (κ1) is 20.2. The smallest absolute Gasteiger partial charge is 0.314 e. The quantitative estimate of drug-likeness (QED) is 0.522. The number of rotatable bonds is 6.